The van der Waals surface area contributed by atoms with Crippen LogP contribution in [0.5, 0.6) is 11.5 Å². The molecule has 0 heterocycles. The fourth-order valence-electron chi connectivity index (χ4n) is 4.42. The maximum absolute atomic E-state index is 11.0. The number of benzene rings is 3. The molecule has 0 radical (unpaired) electrons. The molecule has 1 N–H and O–H groups in total. The third-order valence-corrected chi connectivity index (χ3v) is 6.65. The van der Waals surface area contributed by atoms with E-state index in [-0.39, 0.29) is 6.10 Å². The summed E-state index contributed by atoms with van der Waals surface area (Å²) in [4.78, 5) is 0. The van der Waals surface area contributed by atoms with Gasteiger partial charge in [0.2, 0.25) is 0 Å². The molecule has 3 aromatic rings. The van der Waals surface area contributed by atoms with E-state index in [0.717, 1.165) is 47.5 Å². The Bertz CT molecular complexity index is 1170. The van der Waals surface area contributed by atoms with Crippen LogP contribution in [-0.2, 0) is 24.4 Å². The van der Waals surface area contributed by atoms with Gasteiger partial charge in [-0.15, -0.1) is 12.5 Å². The Hall–Kier alpha value is -3.52. The summed E-state index contributed by atoms with van der Waals surface area (Å²) in [6.07, 6.45) is 7.77. The zero-order chi connectivity index (χ0) is 27.7. The van der Waals surface area contributed by atoms with Gasteiger partial charge in [0.15, 0.2) is 0 Å². The molecule has 0 saturated carbocycles. The third kappa shape index (κ3) is 10.3. The Morgan fingerprint density at radius 3 is 2.38 bits per heavy atom. The topological polar surface area (TPSA) is 47.9 Å². The molecular formula is C35H42O4. The number of methoxy groups -OCH3 is 1. The number of unbranched alkanes of at least 4 members (excludes halogenated alkanes) is 2. The Morgan fingerprint density at radius 1 is 0.897 bits per heavy atom. The van der Waals surface area contributed by atoms with E-state index in [1.807, 2.05) is 66.7 Å². The molecule has 0 aliphatic carbocycles. The van der Waals surface area contributed by atoms with Crippen LogP contribution in [-0.4, -0.2) is 18.3 Å². The van der Waals surface area contributed by atoms with Gasteiger partial charge in [-0.1, -0.05) is 92.8 Å². The molecule has 206 valence electrons. The van der Waals surface area contributed by atoms with E-state index in [1.54, 1.807) is 7.11 Å². The van der Waals surface area contributed by atoms with Gasteiger partial charge in [-0.2, -0.15) is 0 Å². The second kappa shape index (κ2) is 17.1. The van der Waals surface area contributed by atoms with E-state index in [9.17, 15) is 5.11 Å². The Morgan fingerprint density at radius 2 is 1.67 bits per heavy atom. The number of aliphatic hydroxyl groups excluding tert-OH is 1. The first-order valence-electron chi connectivity index (χ1n) is 13.9. The van der Waals surface area contributed by atoms with Crippen molar-refractivity contribution in [2.45, 2.75) is 77.3 Å². The van der Waals surface area contributed by atoms with Crippen molar-refractivity contribution in [1.82, 2.24) is 0 Å². The minimum absolute atomic E-state index is 0.161. The zero-order valence-corrected chi connectivity index (χ0v) is 23.4. The SMILES string of the molecule is C=CCc1c(OCc2ccc(OC)cc2)cccc1[C@@H](O)C#CCCC(CCCCC)OCc1ccccc1. The molecule has 2 atom stereocenters. The van der Waals surface area contributed by atoms with E-state index >= 15 is 0 Å². The van der Waals surface area contributed by atoms with E-state index < -0.39 is 6.10 Å². The van der Waals surface area contributed by atoms with Crippen LogP contribution in [0.25, 0.3) is 0 Å². The molecule has 39 heavy (non-hydrogen) atoms. The van der Waals surface area contributed by atoms with Crippen molar-refractivity contribution in [1.29, 1.82) is 0 Å². The molecule has 0 spiro atoms. The van der Waals surface area contributed by atoms with Crippen LogP contribution < -0.4 is 9.47 Å². The van der Waals surface area contributed by atoms with E-state index in [2.05, 4.69) is 37.5 Å². The van der Waals surface area contributed by atoms with Gasteiger partial charge >= 0.3 is 0 Å². The van der Waals surface area contributed by atoms with Crippen molar-refractivity contribution in [3.8, 4) is 23.3 Å². The summed E-state index contributed by atoms with van der Waals surface area (Å²) >= 11 is 0. The van der Waals surface area contributed by atoms with Gasteiger partial charge in [0.1, 0.15) is 24.2 Å². The second-order valence-electron chi connectivity index (χ2n) is 9.63. The van der Waals surface area contributed by atoms with Crippen molar-refractivity contribution in [3.63, 3.8) is 0 Å². The van der Waals surface area contributed by atoms with E-state index in [1.165, 1.54) is 18.4 Å². The molecule has 1 unspecified atom stereocenters. The number of rotatable bonds is 16. The van der Waals surface area contributed by atoms with Crippen LogP contribution in [0.15, 0.2) is 85.5 Å². The van der Waals surface area contributed by atoms with Crippen LogP contribution in [0, 0.1) is 11.8 Å². The number of allylic oxidation sites excluding steroid dienone is 1. The van der Waals surface area contributed by atoms with Gasteiger partial charge in [-0.05, 0) is 54.2 Å². The minimum Gasteiger partial charge on any atom is -0.497 e. The molecule has 0 aliphatic heterocycles. The number of ether oxygens (including phenoxy) is 3. The second-order valence-corrected chi connectivity index (χ2v) is 9.63. The van der Waals surface area contributed by atoms with Gasteiger partial charge in [0.25, 0.3) is 0 Å². The molecule has 0 amide bonds. The summed E-state index contributed by atoms with van der Waals surface area (Å²) in [6, 6.07) is 23.8. The summed E-state index contributed by atoms with van der Waals surface area (Å²) in [5, 5.41) is 11.0. The van der Waals surface area contributed by atoms with Crippen molar-refractivity contribution in [2.24, 2.45) is 0 Å². The number of hydrogen-bond acceptors (Lipinski definition) is 4. The van der Waals surface area contributed by atoms with E-state index in [0.29, 0.717) is 26.1 Å². The monoisotopic (exact) mass is 526 g/mol. The summed E-state index contributed by atoms with van der Waals surface area (Å²) in [6.45, 7) is 7.14. The Balaban J connectivity index is 1.61. The average molecular weight is 527 g/mol. The van der Waals surface area contributed by atoms with Crippen molar-refractivity contribution >= 4 is 0 Å². The Kier molecular flexibility index (Phi) is 13.2. The van der Waals surface area contributed by atoms with Crippen LogP contribution in [0.2, 0.25) is 0 Å². The first-order chi connectivity index (χ1) is 19.1. The first kappa shape index (κ1) is 30.0. The summed E-state index contributed by atoms with van der Waals surface area (Å²) in [5.41, 5.74) is 3.89. The Labute approximate surface area is 234 Å². The largest absolute Gasteiger partial charge is 0.497 e. The molecular weight excluding hydrogens is 484 g/mol. The lowest BCUT2D eigenvalue weighted by Gasteiger charge is -2.17. The highest BCUT2D eigenvalue weighted by molar-refractivity contribution is 5.45. The predicted octanol–water partition coefficient (Wildman–Crippen LogP) is 7.99. The van der Waals surface area contributed by atoms with Crippen LogP contribution >= 0.6 is 0 Å². The fraction of sp³-hybridized carbons (Fsp3) is 0.371. The third-order valence-electron chi connectivity index (χ3n) is 6.65. The highest BCUT2D eigenvalue weighted by Gasteiger charge is 2.15. The molecule has 0 aromatic heterocycles. The smallest absolute Gasteiger partial charge is 0.140 e. The molecule has 4 heteroatoms. The maximum Gasteiger partial charge on any atom is 0.140 e. The van der Waals surface area contributed by atoms with Crippen LogP contribution in [0.1, 0.15) is 73.8 Å². The fourth-order valence-corrected chi connectivity index (χ4v) is 4.42. The average Bonchev–Trinajstić information content (AvgIpc) is 2.98. The zero-order valence-electron chi connectivity index (χ0n) is 23.4. The lowest BCUT2D eigenvalue weighted by atomic mass is 9.98. The summed E-state index contributed by atoms with van der Waals surface area (Å²) in [7, 11) is 1.65. The minimum atomic E-state index is -0.895. The van der Waals surface area contributed by atoms with Gasteiger partial charge in [0.05, 0.1) is 19.8 Å². The van der Waals surface area contributed by atoms with E-state index in [4.69, 9.17) is 14.2 Å². The molecule has 4 nitrogen and oxygen atoms in total. The van der Waals surface area contributed by atoms with Crippen molar-refractivity contribution in [3.05, 3.63) is 108 Å². The molecule has 3 rings (SSSR count). The summed E-state index contributed by atoms with van der Waals surface area (Å²) in [5.74, 6) is 7.80. The molecule has 0 fully saturated rings. The molecule has 0 saturated heterocycles. The summed E-state index contributed by atoms with van der Waals surface area (Å²) < 4.78 is 17.6. The molecule has 3 aromatic carbocycles. The lowest BCUT2D eigenvalue weighted by molar-refractivity contribution is 0.0288. The van der Waals surface area contributed by atoms with Gasteiger partial charge < -0.3 is 19.3 Å². The quantitative estimate of drug-likeness (QED) is 0.117. The molecule has 0 bridgehead atoms. The predicted molar refractivity (Wildman–Crippen MR) is 159 cm³/mol. The first-order valence-corrected chi connectivity index (χ1v) is 13.9. The normalized spacial score (nSPS) is 12.2. The highest BCUT2D eigenvalue weighted by Crippen LogP contribution is 2.29. The maximum atomic E-state index is 11.0. The van der Waals surface area contributed by atoms with Gasteiger partial charge in [-0.3, -0.25) is 0 Å². The number of hydrogen-bond donors (Lipinski definition) is 1. The van der Waals surface area contributed by atoms with Gasteiger partial charge in [-0.25, -0.2) is 0 Å². The van der Waals surface area contributed by atoms with Crippen LogP contribution in [0.4, 0.5) is 0 Å². The highest BCUT2D eigenvalue weighted by atomic mass is 16.5. The molecule has 0 aliphatic rings. The lowest BCUT2D eigenvalue weighted by Crippen LogP contribution is -2.13. The van der Waals surface area contributed by atoms with Crippen molar-refractivity contribution in [2.75, 3.05) is 7.11 Å². The number of aliphatic hydroxyl groups is 1. The standard InChI is InChI=1S/C35H42O4/c1-4-6-8-17-31(38-26-28-15-9-7-10-16-28)18-11-12-20-34(36)32-19-13-21-35(33(32)14-5-2)39-27-29-22-24-30(37-3)25-23-29/h5,7,9-10,13,15-16,19,21-25,31,34,36H,2,4,6,8,11,14,17-18,26-27H2,1,3H3/t31?,34-/m0/s1. The van der Waals surface area contributed by atoms with Gasteiger partial charge in [0, 0.05) is 12.0 Å². The van der Waals surface area contributed by atoms with Crippen molar-refractivity contribution < 1.29 is 19.3 Å². The van der Waals surface area contributed by atoms with Crippen LogP contribution in [0.3, 0.4) is 0 Å².